The van der Waals surface area contributed by atoms with Crippen molar-refractivity contribution in [2.75, 3.05) is 27.4 Å². The van der Waals surface area contributed by atoms with Gasteiger partial charge in [-0.05, 0) is 42.2 Å². The van der Waals surface area contributed by atoms with Crippen LogP contribution in [-0.4, -0.2) is 37.4 Å². The highest BCUT2D eigenvalue weighted by Gasteiger charge is 2.31. The Hall–Kier alpha value is -2.04. The van der Waals surface area contributed by atoms with E-state index >= 15 is 0 Å². The van der Waals surface area contributed by atoms with Gasteiger partial charge in [0.05, 0.1) is 26.9 Å². The fraction of sp³-hybridized carbons (Fsp3) is 0.400. The van der Waals surface area contributed by atoms with Crippen LogP contribution in [0.2, 0.25) is 0 Å². The van der Waals surface area contributed by atoms with Gasteiger partial charge in [0, 0.05) is 12.6 Å². The highest BCUT2D eigenvalue weighted by Crippen LogP contribution is 2.40. The molecule has 0 radical (unpaired) electrons. The number of aliphatic hydroxyl groups is 1. The van der Waals surface area contributed by atoms with Gasteiger partial charge in [0.2, 0.25) is 0 Å². The SMILES string of the molecule is COc1cc2c(cc1OC)[C@@H](C)N([C@@H](CO)c1ccccc1)CC2. The molecule has 1 aliphatic rings. The van der Waals surface area contributed by atoms with E-state index in [4.69, 9.17) is 9.47 Å². The Balaban J connectivity index is 1.95. The molecule has 0 aromatic heterocycles. The van der Waals surface area contributed by atoms with Crippen LogP contribution in [0, 0.1) is 0 Å². The standard InChI is InChI=1S/C20H25NO3/c1-14-17-12-20(24-3)19(23-2)11-16(17)9-10-21(14)18(13-22)15-7-5-4-6-8-15/h4-8,11-12,14,18,22H,9-10,13H2,1-3H3/t14-,18+/m1/s1. The monoisotopic (exact) mass is 327 g/mol. The second-order valence-electron chi connectivity index (χ2n) is 6.18. The first-order valence-corrected chi connectivity index (χ1v) is 8.36. The minimum atomic E-state index is 0.00227. The number of methoxy groups -OCH3 is 2. The van der Waals surface area contributed by atoms with Crippen LogP contribution < -0.4 is 9.47 Å². The van der Waals surface area contributed by atoms with Crippen LogP contribution in [-0.2, 0) is 6.42 Å². The average Bonchev–Trinajstić information content (AvgIpc) is 2.64. The van der Waals surface area contributed by atoms with E-state index in [-0.39, 0.29) is 18.7 Å². The number of benzene rings is 2. The van der Waals surface area contributed by atoms with Gasteiger partial charge in [-0.1, -0.05) is 30.3 Å². The van der Waals surface area contributed by atoms with E-state index in [0.717, 1.165) is 30.0 Å². The van der Waals surface area contributed by atoms with E-state index in [2.05, 4.69) is 36.1 Å². The normalized spacial score (nSPS) is 18.8. The van der Waals surface area contributed by atoms with Gasteiger partial charge in [0.15, 0.2) is 11.5 Å². The lowest BCUT2D eigenvalue weighted by Gasteiger charge is -2.40. The first kappa shape index (κ1) is 16.8. The molecule has 1 aliphatic heterocycles. The summed E-state index contributed by atoms with van der Waals surface area (Å²) in [5.41, 5.74) is 3.69. The van der Waals surface area contributed by atoms with Crippen LogP contribution in [0.3, 0.4) is 0 Å². The number of rotatable bonds is 5. The Morgan fingerprint density at radius 1 is 1.12 bits per heavy atom. The Morgan fingerprint density at radius 2 is 1.79 bits per heavy atom. The molecule has 0 unspecified atom stereocenters. The Morgan fingerprint density at radius 3 is 2.42 bits per heavy atom. The summed E-state index contributed by atoms with van der Waals surface area (Å²) in [5, 5.41) is 9.99. The molecule has 1 heterocycles. The van der Waals surface area contributed by atoms with Gasteiger partial charge in [-0.3, -0.25) is 4.90 Å². The molecule has 0 saturated carbocycles. The van der Waals surface area contributed by atoms with Crippen LogP contribution >= 0.6 is 0 Å². The zero-order valence-corrected chi connectivity index (χ0v) is 14.5. The maximum atomic E-state index is 9.99. The van der Waals surface area contributed by atoms with E-state index in [1.807, 2.05) is 18.2 Å². The Labute approximate surface area is 143 Å². The third-order valence-electron chi connectivity index (χ3n) is 4.99. The number of ether oxygens (including phenoxy) is 2. The van der Waals surface area contributed by atoms with E-state index < -0.39 is 0 Å². The van der Waals surface area contributed by atoms with E-state index in [1.165, 1.54) is 11.1 Å². The molecule has 3 rings (SSSR count). The van der Waals surface area contributed by atoms with E-state index in [1.54, 1.807) is 14.2 Å². The fourth-order valence-electron chi connectivity index (χ4n) is 3.67. The van der Waals surface area contributed by atoms with Crippen LogP contribution in [0.25, 0.3) is 0 Å². The first-order chi connectivity index (χ1) is 11.7. The predicted molar refractivity (Wildman–Crippen MR) is 94.6 cm³/mol. The van der Waals surface area contributed by atoms with Crippen molar-refractivity contribution in [3.63, 3.8) is 0 Å². The van der Waals surface area contributed by atoms with Gasteiger partial charge >= 0.3 is 0 Å². The molecule has 128 valence electrons. The van der Waals surface area contributed by atoms with Crippen molar-refractivity contribution >= 4 is 0 Å². The lowest BCUT2D eigenvalue weighted by molar-refractivity contribution is 0.0819. The molecule has 0 amide bonds. The number of hydrogen-bond donors (Lipinski definition) is 1. The quantitative estimate of drug-likeness (QED) is 0.914. The molecule has 4 heteroatoms. The van der Waals surface area contributed by atoms with E-state index in [9.17, 15) is 5.11 Å². The number of fused-ring (bicyclic) bond motifs is 1. The van der Waals surface area contributed by atoms with Crippen molar-refractivity contribution in [1.82, 2.24) is 4.90 Å². The molecule has 0 aliphatic carbocycles. The summed E-state index contributed by atoms with van der Waals surface area (Å²) >= 11 is 0. The van der Waals surface area contributed by atoms with Crippen LogP contribution in [0.1, 0.15) is 35.7 Å². The maximum absolute atomic E-state index is 9.99. The van der Waals surface area contributed by atoms with Crippen molar-refractivity contribution in [1.29, 1.82) is 0 Å². The zero-order chi connectivity index (χ0) is 17.1. The third kappa shape index (κ3) is 2.99. The summed E-state index contributed by atoms with van der Waals surface area (Å²) in [6, 6.07) is 14.6. The number of aliphatic hydroxyl groups excluding tert-OH is 1. The summed E-state index contributed by atoms with van der Waals surface area (Å²) in [7, 11) is 3.33. The summed E-state index contributed by atoms with van der Waals surface area (Å²) in [6.45, 7) is 3.20. The number of nitrogens with zero attached hydrogens (tertiary/aromatic N) is 1. The summed E-state index contributed by atoms with van der Waals surface area (Å²) in [6.07, 6.45) is 0.934. The fourth-order valence-corrected chi connectivity index (χ4v) is 3.67. The molecule has 2 atom stereocenters. The van der Waals surface area contributed by atoms with Crippen LogP contribution in [0.15, 0.2) is 42.5 Å². The molecule has 0 saturated heterocycles. The highest BCUT2D eigenvalue weighted by atomic mass is 16.5. The topological polar surface area (TPSA) is 41.9 Å². The Bertz CT molecular complexity index is 687. The van der Waals surface area contributed by atoms with Crippen molar-refractivity contribution in [3.8, 4) is 11.5 Å². The van der Waals surface area contributed by atoms with Crippen molar-refractivity contribution in [2.45, 2.75) is 25.4 Å². The van der Waals surface area contributed by atoms with Gasteiger partial charge in [0.25, 0.3) is 0 Å². The lowest BCUT2D eigenvalue weighted by atomic mass is 9.90. The molecule has 0 fully saturated rings. The van der Waals surface area contributed by atoms with Gasteiger partial charge in [0.1, 0.15) is 0 Å². The average molecular weight is 327 g/mol. The van der Waals surface area contributed by atoms with Crippen molar-refractivity contribution in [2.24, 2.45) is 0 Å². The Kier molecular flexibility index (Phi) is 5.07. The highest BCUT2D eigenvalue weighted by molar-refractivity contribution is 5.49. The van der Waals surface area contributed by atoms with Gasteiger partial charge in [-0.15, -0.1) is 0 Å². The molecule has 2 aromatic carbocycles. The largest absolute Gasteiger partial charge is 0.493 e. The summed E-state index contributed by atoms with van der Waals surface area (Å²) in [4.78, 5) is 2.36. The minimum Gasteiger partial charge on any atom is -0.493 e. The van der Waals surface area contributed by atoms with Crippen molar-refractivity contribution in [3.05, 3.63) is 59.2 Å². The number of hydrogen-bond acceptors (Lipinski definition) is 4. The molecule has 0 bridgehead atoms. The lowest BCUT2D eigenvalue weighted by Crippen LogP contribution is -2.38. The molecular weight excluding hydrogens is 302 g/mol. The summed E-state index contributed by atoms with van der Waals surface area (Å²) in [5.74, 6) is 1.53. The third-order valence-corrected chi connectivity index (χ3v) is 4.99. The summed E-state index contributed by atoms with van der Waals surface area (Å²) < 4.78 is 10.9. The molecule has 24 heavy (non-hydrogen) atoms. The first-order valence-electron chi connectivity index (χ1n) is 8.36. The molecule has 1 N–H and O–H groups in total. The zero-order valence-electron chi connectivity index (χ0n) is 14.5. The van der Waals surface area contributed by atoms with Gasteiger partial charge < -0.3 is 14.6 Å². The van der Waals surface area contributed by atoms with Crippen LogP contribution in [0.4, 0.5) is 0 Å². The second kappa shape index (κ2) is 7.24. The van der Waals surface area contributed by atoms with Gasteiger partial charge in [-0.2, -0.15) is 0 Å². The molecular formula is C20H25NO3. The predicted octanol–water partition coefficient (Wildman–Crippen LogP) is 3.36. The maximum Gasteiger partial charge on any atom is 0.161 e. The second-order valence-corrected chi connectivity index (χ2v) is 6.18. The van der Waals surface area contributed by atoms with Crippen molar-refractivity contribution < 1.29 is 14.6 Å². The molecule has 4 nitrogen and oxygen atoms in total. The van der Waals surface area contributed by atoms with Gasteiger partial charge in [-0.25, -0.2) is 0 Å². The smallest absolute Gasteiger partial charge is 0.161 e. The van der Waals surface area contributed by atoms with Crippen LogP contribution in [0.5, 0.6) is 11.5 Å². The molecule has 2 aromatic rings. The minimum absolute atomic E-state index is 0.00227. The molecule has 0 spiro atoms. The van der Waals surface area contributed by atoms with E-state index in [0.29, 0.717) is 0 Å².